The van der Waals surface area contributed by atoms with Crippen molar-refractivity contribution >= 4 is 23.3 Å². The van der Waals surface area contributed by atoms with Crippen molar-refractivity contribution in [2.24, 2.45) is 5.73 Å². The topological polar surface area (TPSA) is 96.2 Å². The number of carbonyl (C=O) groups is 2. The molecule has 1 aliphatic rings. The van der Waals surface area contributed by atoms with Crippen LogP contribution in [0.5, 0.6) is 0 Å². The molecule has 0 radical (unpaired) electrons. The van der Waals surface area contributed by atoms with Gasteiger partial charge < -0.3 is 21.7 Å². The van der Waals surface area contributed by atoms with Gasteiger partial charge in [0.15, 0.2) is 0 Å². The number of primary amides is 1. The number of anilines is 2. The lowest BCUT2D eigenvalue weighted by molar-refractivity contribution is -0.118. The molecule has 1 saturated heterocycles. The molecule has 2 rings (SSSR count). The van der Waals surface area contributed by atoms with E-state index in [-0.39, 0.29) is 11.9 Å². The normalized spacial score (nSPS) is 18.6. The van der Waals surface area contributed by atoms with Crippen molar-refractivity contribution in [3.8, 4) is 0 Å². The predicted octanol–water partition coefficient (Wildman–Crippen LogP) is 1.26. The Kier molecular flexibility index (Phi) is 4.35. The van der Waals surface area contributed by atoms with E-state index in [1.165, 1.54) is 0 Å². The Morgan fingerprint density at radius 2 is 1.95 bits per heavy atom. The summed E-state index contributed by atoms with van der Waals surface area (Å²) in [6, 6.07) is 6.13. The van der Waals surface area contributed by atoms with Gasteiger partial charge >= 0.3 is 6.03 Å². The second-order valence-corrected chi connectivity index (χ2v) is 4.56. The summed E-state index contributed by atoms with van der Waals surface area (Å²) in [5.41, 5.74) is 6.24. The van der Waals surface area contributed by atoms with Gasteiger partial charge in [-0.15, -0.1) is 0 Å². The van der Waals surface area contributed by atoms with Crippen LogP contribution in [0.3, 0.4) is 0 Å². The van der Waals surface area contributed by atoms with E-state index in [0.29, 0.717) is 11.4 Å². The number of piperidine rings is 1. The van der Waals surface area contributed by atoms with Gasteiger partial charge in [-0.05, 0) is 37.6 Å². The molecule has 1 aromatic rings. The summed E-state index contributed by atoms with van der Waals surface area (Å²) in [5.74, 6) is -0.0454. The molecular formula is C13H18N4O2. The van der Waals surface area contributed by atoms with E-state index in [1.807, 2.05) is 0 Å². The molecule has 1 aliphatic heterocycles. The monoisotopic (exact) mass is 262 g/mol. The maximum Gasteiger partial charge on any atom is 0.316 e. The van der Waals surface area contributed by atoms with Crippen molar-refractivity contribution in [3.05, 3.63) is 24.3 Å². The van der Waals surface area contributed by atoms with Crippen molar-refractivity contribution in [2.75, 3.05) is 17.2 Å². The molecule has 6 heteroatoms. The molecule has 1 fully saturated rings. The van der Waals surface area contributed by atoms with Crippen LogP contribution in [-0.2, 0) is 4.79 Å². The third-order valence-corrected chi connectivity index (χ3v) is 3.02. The molecule has 0 bridgehead atoms. The maximum atomic E-state index is 12.0. The molecule has 0 aromatic heterocycles. The summed E-state index contributed by atoms with van der Waals surface area (Å²) in [4.78, 5) is 22.8. The van der Waals surface area contributed by atoms with Gasteiger partial charge in [0, 0.05) is 11.4 Å². The highest BCUT2D eigenvalue weighted by molar-refractivity contribution is 5.96. The molecule has 3 amide bonds. The first kappa shape index (κ1) is 13.4. The average molecular weight is 262 g/mol. The molecule has 5 N–H and O–H groups in total. The highest BCUT2D eigenvalue weighted by atomic mass is 16.2. The zero-order valence-electron chi connectivity index (χ0n) is 10.6. The number of benzene rings is 1. The van der Waals surface area contributed by atoms with E-state index in [4.69, 9.17) is 5.73 Å². The standard InChI is InChI=1S/C13H18N4O2/c14-13(19)17-10-5-3-4-9(8-10)16-12(18)11-6-1-2-7-15-11/h3-5,8,11,15H,1-2,6-7H2,(H,16,18)(H3,14,17,19)/t11-/m0/s1. The molecule has 0 saturated carbocycles. The number of carbonyl (C=O) groups excluding carboxylic acids is 2. The molecule has 6 nitrogen and oxygen atoms in total. The Morgan fingerprint density at radius 3 is 2.58 bits per heavy atom. The van der Waals surface area contributed by atoms with Crippen LogP contribution in [0.25, 0.3) is 0 Å². The van der Waals surface area contributed by atoms with Gasteiger partial charge in [0.25, 0.3) is 0 Å². The predicted molar refractivity (Wildman–Crippen MR) is 73.9 cm³/mol. The number of amides is 3. The molecule has 102 valence electrons. The SMILES string of the molecule is NC(=O)Nc1cccc(NC(=O)[C@@H]2CCCCN2)c1. The van der Waals surface area contributed by atoms with E-state index in [9.17, 15) is 9.59 Å². The van der Waals surface area contributed by atoms with Crippen LogP contribution in [0.15, 0.2) is 24.3 Å². The van der Waals surface area contributed by atoms with Crippen LogP contribution in [0, 0.1) is 0 Å². The van der Waals surface area contributed by atoms with Crippen LogP contribution in [0.1, 0.15) is 19.3 Å². The quantitative estimate of drug-likeness (QED) is 0.660. The zero-order valence-corrected chi connectivity index (χ0v) is 10.6. The molecule has 1 aromatic carbocycles. The van der Waals surface area contributed by atoms with Crippen LogP contribution in [0.4, 0.5) is 16.2 Å². The van der Waals surface area contributed by atoms with Gasteiger partial charge in [-0.3, -0.25) is 4.79 Å². The van der Waals surface area contributed by atoms with Gasteiger partial charge in [0.2, 0.25) is 5.91 Å². The van der Waals surface area contributed by atoms with Gasteiger partial charge in [0.05, 0.1) is 6.04 Å². The van der Waals surface area contributed by atoms with Gasteiger partial charge in [-0.2, -0.15) is 0 Å². The molecule has 0 aliphatic carbocycles. The second-order valence-electron chi connectivity index (χ2n) is 4.56. The number of nitrogens with two attached hydrogens (primary N) is 1. The minimum Gasteiger partial charge on any atom is -0.351 e. The van der Waals surface area contributed by atoms with Crippen molar-refractivity contribution in [3.63, 3.8) is 0 Å². The number of rotatable bonds is 3. The van der Waals surface area contributed by atoms with E-state index >= 15 is 0 Å². The van der Waals surface area contributed by atoms with Gasteiger partial charge in [0.1, 0.15) is 0 Å². The highest BCUT2D eigenvalue weighted by Crippen LogP contribution is 2.16. The first-order valence-electron chi connectivity index (χ1n) is 6.36. The summed E-state index contributed by atoms with van der Waals surface area (Å²) >= 11 is 0. The first-order valence-corrected chi connectivity index (χ1v) is 6.36. The lowest BCUT2D eigenvalue weighted by Gasteiger charge is -2.22. The summed E-state index contributed by atoms with van der Waals surface area (Å²) in [6.45, 7) is 0.876. The lowest BCUT2D eigenvalue weighted by atomic mass is 10.0. The first-order chi connectivity index (χ1) is 9.15. The molecule has 0 unspecified atom stereocenters. The largest absolute Gasteiger partial charge is 0.351 e. The summed E-state index contributed by atoms with van der Waals surface area (Å²) in [6.07, 6.45) is 3.03. The Bertz CT molecular complexity index is 469. The summed E-state index contributed by atoms with van der Waals surface area (Å²) < 4.78 is 0. The third-order valence-electron chi connectivity index (χ3n) is 3.02. The summed E-state index contributed by atoms with van der Waals surface area (Å²) in [7, 11) is 0. The minimum absolute atomic E-state index is 0.0454. The summed E-state index contributed by atoms with van der Waals surface area (Å²) in [5, 5.41) is 8.49. The fourth-order valence-corrected chi connectivity index (χ4v) is 2.12. The Morgan fingerprint density at radius 1 is 1.21 bits per heavy atom. The fraction of sp³-hybridized carbons (Fsp3) is 0.385. The Hall–Kier alpha value is -2.08. The van der Waals surface area contributed by atoms with Gasteiger partial charge in [-0.1, -0.05) is 12.5 Å². The van der Waals surface area contributed by atoms with E-state index < -0.39 is 6.03 Å². The number of nitrogens with one attached hydrogen (secondary N) is 3. The fourth-order valence-electron chi connectivity index (χ4n) is 2.12. The number of hydrogen-bond donors (Lipinski definition) is 4. The average Bonchev–Trinajstić information content (AvgIpc) is 2.39. The third kappa shape index (κ3) is 3.96. The van der Waals surface area contributed by atoms with E-state index in [0.717, 1.165) is 25.8 Å². The zero-order chi connectivity index (χ0) is 13.7. The van der Waals surface area contributed by atoms with Crippen LogP contribution < -0.4 is 21.7 Å². The highest BCUT2D eigenvalue weighted by Gasteiger charge is 2.20. The number of urea groups is 1. The molecule has 0 spiro atoms. The van der Waals surface area contributed by atoms with E-state index in [1.54, 1.807) is 24.3 Å². The molecule has 1 heterocycles. The van der Waals surface area contributed by atoms with Crippen LogP contribution in [0.2, 0.25) is 0 Å². The van der Waals surface area contributed by atoms with Gasteiger partial charge in [-0.25, -0.2) is 4.79 Å². The van der Waals surface area contributed by atoms with Crippen molar-refractivity contribution < 1.29 is 9.59 Å². The van der Waals surface area contributed by atoms with Crippen molar-refractivity contribution in [1.29, 1.82) is 0 Å². The van der Waals surface area contributed by atoms with E-state index in [2.05, 4.69) is 16.0 Å². The van der Waals surface area contributed by atoms with Crippen LogP contribution >= 0.6 is 0 Å². The molecule has 19 heavy (non-hydrogen) atoms. The lowest BCUT2D eigenvalue weighted by Crippen LogP contribution is -2.43. The van der Waals surface area contributed by atoms with Crippen molar-refractivity contribution in [2.45, 2.75) is 25.3 Å². The second kappa shape index (κ2) is 6.19. The minimum atomic E-state index is -0.627. The Balaban J connectivity index is 1.97. The maximum absolute atomic E-state index is 12.0. The smallest absolute Gasteiger partial charge is 0.316 e. The molecule has 1 atom stereocenters. The Labute approximate surface area is 111 Å². The van der Waals surface area contributed by atoms with Crippen LogP contribution in [-0.4, -0.2) is 24.5 Å². The molecular weight excluding hydrogens is 244 g/mol. The number of hydrogen-bond acceptors (Lipinski definition) is 3. The van der Waals surface area contributed by atoms with Crippen molar-refractivity contribution in [1.82, 2.24) is 5.32 Å².